The molecule has 0 N–H and O–H groups in total. The number of thioether (sulfide) groups is 1. The van der Waals surface area contributed by atoms with Crippen molar-refractivity contribution in [1.29, 1.82) is 0 Å². The maximum atomic E-state index is 11.9. The number of aryl methyl sites for hydroxylation is 2. The summed E-state index contributed by atoms with van der Waals surface area (Å²) < 4.78 is 30.4. The van der Waals surface area contributed by atoms with E-state index in [1.54, 1.807) is 17.8 Å². The molecule has 0 saturated carbocycles. The van der Waals surface area contributed by atoms with E-state index in [4.69, 9.17) is 4.42 Å². The van der Waals surface area contributed by atoms with Gasteiger partial charge in [-0.1, -0.05) is 6.07 Å². The van der Waals surface area contributed by atoms with Gasteiger partial charge in [-0.05, 0) is 49.2 Å². The van der Waals surface area contributed by atoms with Crippen LogP contribution in [0.25, 0.3) is 0 Å². The molecule has 2 aromatic rings. The zero-order chi connectivity index (χ0) is 15.6. The van der Waals surface area contributed by atoms with Crippen molar-refractivity contribution in [1.82, 2.24) is 4.31 Å². The maximum Gasteiger partial charge on any atom is 0.275 e. The summed E-state index contributed by atoms with van der Waals surface area (Å²) in [6.45, 7) is 4.16. The summed E-state index contributed by atoms with van der Waals surface area (Å²) in [7, 11) is -0.519. The second-order valence-corrected chi connectivity index (χ2v) is 8.17. The summed E-state index contributed by atoms with van der Waals surface area (Å²) in [5, 5.41) is -0.0109. The van der Waals surface area contributed by atoms with E-state index in [2.05, 4.69) is 32.0 Å². The van der Waals surface area contributed by atoms with Crippen LogP contribution in [-0.2, 0) is 15.8 Å². The van der Waals surface area contributed by atoms with E-state index in [1.807, 2.05) is 0 Å². The molecule has 0 aliphatic carbocycles. The normalized spacial score (nSPS) is 12.0. The predicted octanol–water partition coefficient (Wildman–Crippen LogP) is 3.44. The van der Waals surface area contributed by atoms with Crippen LogP contribution in [0, 0.1) is 13.8 Å². The standard InChI is InChI=1S/C15H19NO3S2/c1-11-5-7-14(9-12(11)2)20-10-13-6-8-15(19-13)21(17,18)16(3)4/h5-9H,10H2,1-4H3. The van der Waals surface area contributed by atoms with E-state index in [9.17, 15) is 8.42 Å². The molecule has 0 bridgehead atoms. The molecule has 0 saturated heterocycles. The third-order valence-electron chi connectivity index (χ3n) is 3.23. The smallest absolute Gasteiger partial charge is 0.275 e. The highest BCUT2D eigenvalue weighted by Gasteiger charge is 2.21. The lowest BCUT2D eigenvalue weighted by Crippen LogP contribution is -2.21. The Balaban J connectivity index is 2.08. The van der Waals surface area contributed by atoms with Gasteiger partial charge in [-0.15, -0.1) is 11.8 Å². The van der Waals surface area contributed by atoms with Crippen LogP contribution in [0.4, 0.5) is 0 Å². The zero-order valence-corrected chi connectivity index (χ0v) is 14.2. The van der Waals surface area contributed by atoms with Crippen molar-refractivity contribution in [2.45, 2.75) is 29.6 Å². The molecule has 21 heavy (non-hydrogen) atoms. The number of furan rings is 1. The van der Waals surface area contributed by atoms with Crippen molar-refractivity contribution in [2.75, 3.05) is 14.1 Å². The average Bonchev–Trinajstić information content (AvgIpc) is 2.89. The molecule has 0 aliphatic heterocycles. The summed E-state index contributed by atoms with van der Waals surface area (Å²) in [5.41, 5.74) is 2.51. The molecule has 0 unspecified atom stereocenters. The molecule has 0 amide bonds. The van der Waals surface area contributed by atoms with Crippen molar-refractivity contribution in [3.05, 3.63) is 47.2 Å². The first-order valence-corrected chi connectivity index (χ1v) is 8.94. The van der Waals surface area contributed by atoms with Crippen LogP contribution in [0.1, 0.15) is 16.9 Å². The largest absolute Gasteiger partial charge is 0.447 e. The molecule has 0 atom stereocenters. The molecule has 1 heterocycles. The second kappa shape index (κ2) is 6.25. The van der Waals surface area contributed by atoms with Gasteiger partial charge in [-0.2, -0.15) is 0 Å². The van der Waals surface area contributed by atoms with Gasteiger partial charge < -0.3 is 4.42 Å². The van der Waals surface area contributed by atoms with E-state index < -0.39 is 10.0 Å². The average molecular weight is 325 g/mol. The van der Waals surface area contributed by atoms with Gasteiger partial charge in [-0.3, -0.25) is 0 Å². The van der Waals surface area contributed by atoms with E-state index in [1.165, 1.54) is 31.3 Å². The molecule has 0 aliphatic rings. The second-order valence-electron chi connectivity index (χ2n) is 5.04. The molecule has 1 aromatic carbocycles. The first-order chi connectivity index (χ1) is 9.80. The maximum absolute atomic E-state index is 11.9. The molecule has 2 rings (SSSR count). The monoisotopic (exact) mass is 325 g/mol. The highest BCUT2D eigenvalue weighted by atomic mass is 32.2. The Kier molecular flexibility index (Phi) is 4.81. The summed E-state index contributed by atoms with van der Waals surface area (Å²) in [4.78, 5) is 1.14. The third kappa shape index (κ3) is 3.70. The van der Waals surface area contributed by atoms with Crippen LogP contribution in [-0.4, -0.2) is 26.8 Å². The Morgan fingerprint density at radius 2 is 1.81 bits per heavy atom. The van der Waals surface area contributed by atoms with Crippen LogP contribution < -0.4 is 0 Å². The van der Waals surface area contributed by atoms with Gasteiger partial charge in [0, 0.05) is 19.0 Å². The minimum Gasteiger partial charge on any atom is -0.447 e. The molecule has 0 spiro atoms. The van der Waals surface area contributed by atoms with Crippen molar-refractivity contribution in [2.24, 2.45) is 0 Å². The lowest BCUT2D eigenvalue weighted by molar-refractivity contribution is 0.408. The summed E-state index contributed by atoms with van der Waals surface area (Å²) in [6, 6.07) is 9.49. The Bertz CT molecular complexity index is 733. The highest BCUT2D eigenvalue weighted by Crippen LogP contribution is 2.27. The quantitative estimate of drug-likeness (QED) is 0.790. The van der Waals surface area contributed by atoms with Crippen LogP contribution in [0.15, 0.2) is 44.7 Å². The number of sulfonamides is 1. The first kappa shape index (κ1) is 16.1. The minimum absolute atomic E-state index is 0.0109. The van der Waals surface area contributed by atoms with Crippen LogP contribution in [0.2, 0.25) is 0 Å². The van der Waals surface area contributed by atoms with Crippen LogP contribution in [0.5, 0.6) is 0 Å². The van der Waals surface area contributed by atoms with E-state index in [-0.39, 0.29) is 5.09 Å². The number of hydrogen-bond donors (Lipinski definition) is 0. The molecule has 0 radical (unpaired) electrons. The van der Waals surface area contributed by atoms with Gasteiger partial charge in [0.15, 0.2) is 0 Å². The molecule has 0 fully saturated rings. The number of nitrogens with zero attached hydrogens (tertiary/aromatic N) is 1. The van der Waals surface area contributed by atoms with Crippen molar-refractivity contribution >= 4 is 21.8 Å². The van der Waals surface area contributed by atoms with Gasteiger partial charge in [0.25, 0.3) is 10.0 Å². The molecule has 6 heteroatoms. The van der Waals surface area contributed by atoms with Gasteiger partial charge >= 0.3 is 0 Å². The summed E-state index contributed by atoms with van der Waals surface area (Å²) in [5.74, 6) is 1.25. The van der Waals surface area contributed by atoms with E-state index in [0.717, 1.165) is 9.20 Å². The Morgan fingerprint density at radius 1 is 1.10 bits per heavy atom. The number of rotatable bonds is 5. The third-order valence-corrected chi connectivity index (χ3v) is 5.94. The van der Waals surface area contributed by atoms with Gasteiger partial charge in [0.1, 0.15) is 5.76 Å². The van der Waals surface area contributed by atoms with Gasteiger partial charge in [0.2, 0.25) is 5.09 Å². The predicted molar refractivity (Wildman–Crippen MR) is 85.1 cm³/mol. The molecule has 1 aromatic heterocycles. The van der Waals surface area contributed by atoms with E-state index >= 15 is 0 Å². The number of hydrogen-bond acceptors (Lipinski definition) is 4. The highest BCUT2D eigenvalue weighted by molar-refractivity contribution is 7.98. The molecular weight excluding hydrogens is 306 g/mol. The Hall–Kier alpha value is -1.24. The fourth-order valence-corrected chi connectivity index (χ4v) is 3.41. The van der Waals surface area contributed by atoms with Crippen molar-refractivity contribution in [3.63, 3.8) is 0 Å². The minimum atomic E-state index is -3.49. The molecular formula is C15H19NO3S2. The Labute approximate surface area is 130 Å². The fraction of sp³-hybridized carbons (Fsp3) is 0.333. The molecule has 4 nitrogen and oxygen atoms in total. The Morgan fingerprint density at radius 3 is 2.43 bits per heavy atom. The SMILES string of the molecule is Cc1ccc(SCc2ccc(S(=O)(=O)N(C)C)o2)cc1C. The first-order valence-electron chi connectivity index (χ1n) is 6.52. The van der Waals surface area contributed by atoms with Gasteiger partial charge in [-0.25, -0.2) is 12.7 Å². The lowest BCUT2D eigenvalue weighted by atomic mass is 10.1. The van der Waals surface area contributed by atoms with Gasteiger partial charge in [0.05, 0.1) is 5.75 Å². The lowest BCUT2D eigenvalue weighted by Gasteiger charge is -2.07. The van der Waals surface area contributed by atoms with E-state index in [0.29, 0.717) is 11.5 Å². The number of benzene rings is 1. The summed E-state index contributed by atoms with van der Waals surface area (Å²) in [6.07, 6.45) is 0. The summed E-state index contributed by atoms with van der Waals surface area (Å²) >= 11 is 1.63. The molecule has 114 valence electrons. The fourth-order valence-electron chi connectivity index (χ4n) is 1.71. The van der Waals surface area contributed by atoms with Crippen molar-refractivity contribution in [3.8, 4) is 0 Å². The van der Waals surface area contributed by atoms with Crippen molar-refractivity contribution < 1.29 is 12.8 Å². The zero-order valence-electron chi connectivity index (χ0n) is 12.6. The van der Waals surface area contributed by atoms with Crippen LogP contribution in [0.3, 0.4) is 0 Å². The van der Waals surface area contributed by atoms with Crippen LogP contribution >= 0.6 is 11.8 Å². The topological polar surface area (TPSA) is 50.5 Å².